The van der Waals surface area contributed by atoms with Crippen LogP contribution in [0.1, 0.15) is 43.0 Å². The molecule has 1 unspecified atom stereocenters. The van der Waals surface area contributed by atoms with E-state index in [9.17, 15) is 0 Å². The Balaban J connectivity index is 1.88. The number of hydrogen-bond donors (Lipinski definition) is 2. The number of rotatable bonds is 4. The van der Waals surface area contributed by atoms with E-state index >= 15 is 0 Å². The number of hydrogen-bond acceptors (Lipinski definition) is 2. The summed E-state index contributed by atoms with van der Waals surface area (Å²) in [4.78, 5) is 0. The molecule has 1 saturated carbocycles. The maximum atomic E-state index is 6.06. The van der Waals surface area contributed by atoms with Gasteiger partial charge in [0, 0.05) is 17.3 Å². The van der Waals surface area contributed by atoms with Crippen LogP contribution in [0.2, 0.25) is 0 Å². The lowest BCUT2D eigenvalue weighted by Crippen LogP contribution is -2.10. The van der Waals surface area contributed by atoms with Crippen molar-refractivity contribution in [3.05, 3.63) is 17.5 Å². The zero-order valence-corrected chi connectivity index (χ0v) is 8.09. The van der Waals surface area contributed by atoms with Crippen LogP contribution in [0.3, 0.4) is 0 Å². The summed E-state index contributed by atoms with van der Waals surface area (Å²) in [6.07, 6.45) is 7.07. The Morgan fingerprint density at radius 2 is 2.46 bits per heavy atom. The molecule has 0 saturated heterocycles. The first-order valence-electron chi connectivity index (χ1n) is 5.03. The summed E-state index contributed by atoms with van der Waals surface area (Å²) < 4.78 is 0. The molecular formula is C10H17N3. The zero-order chi connectivity index (χ0) is 9.26. The normalized spacial score (nSPS) is 18.9. The van der Waals surface area contributed by atoms with E-state index in [0.29, 0.717) is 0 Å². The zero-order valence-electron chi connectivity index (χ0n) is 8.09. The molecule has 3 heteroatoms. The SMILES string of the molecule is Cc1[nH]ncc1C(N)CCC1CC1. The smallest absolute Gasteiger partial charge is 0.0537 e. The lowest BCUT2D eigenvalue weighted by atomic mass is 10.0. The lowest BCUT2D eigenvalue weighted by molar-refractivity contribution is 0.573. The molecule has 3 nitrogen and oxygen atoms in total. The predicted octanol–water partition coefficient (Wildman–Crippen LogP) is 1.91. The molecule has 1 aromatic heterocycles. The molecule has 0 amide bonds. The van der Waals surface area contributed by atoms with E-state index in [2.05, 4.69) is 10.2 Å². The number of aromatic nitrogens is 2. The van der Waals surface area contributed by atoms with Crippen molar-refractivity contribution in [3.63, 3.8) is 0 Å². The van der Waals surface area contributed by atoms with Gasteiger partial charge in [0.15, 0.2) is 0 Å². The van der Waals surface area contributed by atoms with Crippen molar-refractivity contribution in [3.8, 4) is 0 Å². The Bertz CT molecular complexity index is 275. The average molecular weight is 179 g/mol. The van der Waals surface area contributed by atoms with Gasteiger partial charge in [0.25, 0.3) is 0 Å². The molecule has 1 aliphatic rings. The topological polar surface area (TPSA) is 54.7 Å². The number of nitrogens with zero attached hydrogens (tertiary/aromatic N) is 1. The van der Waals surface area contributed by atoms with Crippen LogP contribution in [-0.4, -0.2) is 10.2 Å². The summed E-state index contributed by atoms with van der Waals surface area (Å²) in [5.74, 6) is 0.971. The minimum absolute atomic E-state index is 0.180. The fraction of sp³-hybridized carbons (Fsp3) is 0.700. The molecule has 1 aromatic rings. The molecule has 0 aliphatic heterocycles. The number of nitrogens with one attached hydrogen (secondary N) is 1. The molecule has 1 heterocycles. The summed E-state index contributed by atoms with van der Waals surface area (Å²) in [6.45, 7) is 2.03. The summed E-state index contributed by atoms with van der Waals surface area (Å²) in [5, 5.41) is 6.90. The second-order valence-electron chi connectivity index (χ2n) is 4.08. The average Bonchev–Trinajstić information content (AvgIpc) is 2.84. The van der Waals surface area contributed by atoms with E-state index in [-0.39, 0.29) is 6.04 Å². The molecule has 2 rings (SSSR count). The van der Waals surface area contributed by atoms with Crippen molar-refractivity contribution in [2.45, 2.75) is 38.6 Å². The van der Waals surface area contributed by atoms with Crippen molar-refractivity contribution in [2.24, 2.45) is 11.7 Å². The van der Waals surface area contributed by atoms with Gasteiger partial charge in [-0.1, -0.05) is 12.8 Å². The van der Waals surface area contributed by atoms with E-state index in [1.807, 2.05) is 13.1 Å². The molecule has 3 N–H and O–H groups in total. The second-order valence-corrected chi connectivity index (χ2v) is 4.08. The molecule has 13 heavy (non-hydrogen) atoms. The van der Waals surface area contributed by atoms with Crippen LogP contribution in [-0.2, 0) is 0 Å². The van der Waals surface area contributed by atoms with Crippen LogP contribution in [0.15, 0.2) is 6.20 Å². The molecule has 0 spiro atoms. The molecule has 1 aliphatic carbocycles. The van der Waals surface area contributed by atoms with Crippen molar-refractivity contribution < 1.29 is 0 Å². The van der Waals surface area contributed by atoms with Crippen LogP contribution < -0.4 is 5.73 Å². The molecule has 0 aromatic carbocycles. The Kier molecular flexibility index (Phi) is 2.36. The fourth-order valence-electron chi connectivity index (χ4n) is 1.71. The molecule has 1 atom stereocenters. The van der Waals surface area contributed by atoms with E-state index in [0.717, 1.165) is 18.0 Å². The van der Waals surface area contributed by atoms with Gasteiger partial charge in [-0.15, -0.1) is 0 Å². The Hall–Kier alpha value is -0.830. The maximum absolute atomic E-state index is 6.06. The van der Waals surface area contributed by atoms with Crippen LogP contribution >= 0.6 is 0 Å². The standard InChI is InChI=1S/C10H17N3/c1-7-9(6-12-13-7)10(11)5-4-8-2-3-8/h6,8,10H,2-5,11H2,1H3,(H,12,13). The van der Waals surface area contributed by atoms with Crippen LogP contribution in [0, 0.1) is 12.8 Å². The number of aryl methyl sites for hydroxylation is 1. The first-order chi connectivity index (χ1) is 6.27. The van der Waals surface area contributed by atoms with Gasteiger partial charge in [0.2, 0.25) is 0 Å². The first kappa shape index (κ1) is 8.75. The highest BCUT2D eigenvalue weighted by Gasteiger charge is 2.22. The van der Waals surface area contributed by atoms with E-state index in [4.69, 9.17) is 5.73 Å². The van der Waals surface area contributed by atoms with Gasteiger partial charge < -0.3 is 5.73 Å². The van der Waals surface area contributed by atoms with E-state index in [1.165, 1.54) is 24.8 Å². The van der Waals surface area contributed by atoms with Gasteiger partial charge in [-0.25, -0.2) is 0 Å². The predicted molar refractivity (Wildman–Crippen MR) is 52.2 cm³/mol. The van der Waals surface area contributed by atoms with Gasteiger partial charge in [-0.05, 0) is 25.7 Å². The highest BCUT2D eigenvalue weighted by Crippen LogP contribution is 2.35. The number of aromatic amines is 1. The van der Waals surface area contributed by atoms with E-state index < -0.39 is 0 Å². The Morgan fingerprint density at radius 3 is 3.00 bits per heavy atom. The molecule has 72 valence electrons. The van der Waals surface area contributed by atoms with Crippen LogP contribution in [0.4, 0.5) is 0 Å². The number of H-pyrrole nitrogens is 1. The lowest BCUT2D eigenvalue weighted by Gasteiger charge is -2.09. The quantitative estimate of drug-likeness (QED) is 0.741. The van der Waals surface area contributed by atoms with Crippen molar-refractivity contribution in [1.82, 2.24) is 10.2 Å². The van der Waals surface area contributed by atoms with Gasteiger partial charge >= 0.3 is 0 Å². The second kappa shape index (κ2) is 3.50. The summed E-state index contributed by atoms with van der Waals surface area (Å²) in [6, 6.07) is 0.180. The summed E-state index contributed by atoms with van der Waals surface area (Å²) in [5.41, 5.74) is 8.35. The summed E-state index contributed by atoms with van der Waals surface area (Å²) >= 11 is 0. The minimum atomic E-state index is 0.180. The van der Waals surface area contributed by atoms with Crippen molar-refractivity contribution in [1.29, 1.82) is 0 Å². The third kappa shape index (κ3) is 2.10. The molecule has 1 fully saturated rings. The van der Waals surface area contributed by atoms with Gasteiger partial charge in [-0.2, -0.15) is 5.10 Å². The minimum Gasteiger partial charge on any atom is -0.324 e. The van der Waals surface area contributed by atoms with Gasteiger partial charge in [0.1, 0.15) is 0 Å². The fourth-order valence-corrected chi connectivity index (χ4v) is 1.71. The van der Waals surface area contributed by atoms with E-state index in [1.54, 1.807) is 0 Å². The Morgan fingerprint density at radius 1 is 1.69 bits per heavy atom. The molecule has 0 bridgehead atoms. The largest absolute Gasteiger partial charge is 0.324 e. The van der Waals surface area contributed by atoms with Gasteiger partial charge in [0.05, 0.1) is 6.20 Å². The summed E-state index contributed by atoms with van der Waals surface area (Å²) in [7, 11) is 0. The van der Waals surface area contributed by atoms with Crippen molar-refractivity contribution in [2.75, 3.05) is 0 Å². The van der Waals surface area contributed by atoms with Crippen LogP contribution in [0.25, 0.3) is 0 Å². The highest BCUT2D eigenvalue weighted by atomic mass is 15.1. The monoisotopic (exact) mass is 179 g/mol. The third-order valence-corrected chi connectivity index (χ3v) is 2.85. The van der Waals surface area contributed by atoms with Crippen LogP contribution in [0.5, 0.6) is 0 Å². The molecule has 0 radical (unpaired) electrons. The third-order valence-electron chi connectivity index (χ3n) is 2.85. The number of nitrogens with two attached hydrogens (primary N) is 1. The maximum Gasteiger partial charge on any atom is 0.0537 e. The Labute approximate surface area is 78.7 Å². The highest BCUT2D eigenvalue weighted by molar-refractivity contribution is 5.18. The van der Waals surface area contributed by atoms with Gasteiger partial charge in [-0.3, -0.25) is 5.10 Å². The first-order valence-corrected chi connectivity index (χ1v) is 5.03. The molecular weight excluding hydrogens is 162 g/mol. The van der Waals surface area contributed by atoms with Crippen molar-refractivity contribution >= 4 is 0 Å².